The summed E-state index contributed by atoms with van der Waals surface area (Å²) in [6.45, 7) is 4.18. The van der Waals surface area contributed by atoms with Gasteiger partial charge in [-0.3, -0.25) is 9.59 Å². The van der Waals surface area contributed by atoms with E-state index in [0.29, 0.717) is 29.5 Å². The normalized spacial score (nSPS) is 14.6. The molecule has 33 heavy (non-hydrogen) atoms. The summed E-state index contributed by atoms with van der Waals surface area (Å²) in [5.74, 6) is 1.30. The molecule has 0 radical (unpaired) electrons. The SMILES string of the molecule is Cc1csc(NC(=O)C2CCN(CCC(=O)Nc3ccccc3Oc3ccccc3)CC2)n1. The molecule has 0 aliphatic carbocycles. The molecule has 7 nitrogen and oxygen atoms in total. The summed E-state index contributed by atoms with van der Waals surface area (Å²) in [7, 11) is 0. The molecule has 8 heteroatoms. The number of ether oxygens (including phenoxy) is 1. The average molecular weight is 465 g/mol. The molecule has 1 saturated heterocycles. The van der Waals surface area contributed by atoms with Gasteiger partial charge in [0.2, 0.25) is 11.8 Å². The molecule has 4 rings (SSSR count). The van der Waals surface area contributed by atoms with Crippen molar-refractivity contribution in [1.29, 1.82) is 0 Å². The standard InChI is InChI=1S/C25H28N4O3S/c1-18-17-33-25(26-18)28-24(31)19-11-14-29(15-12-19)16-13-23(30)27-21-9-5-6-10-22(21)32-20-7-3-2-4-8-20/h2-10,17,19H,11-16H2,1H3,(H,27,30)(H,26,28,31). The van der Waals surface area contributed by atoms with E-state index in [1.54, 1.807) is 0 Å². The van der Waals surface area contributed by atoms with Crippen molar-refractivity contribution in [2.24, 2.45) is 5.92 Å². The summed E-state index contributed by atoms with van der Waals surface area (Å²) in [5, 5.41) is 8.47. The maximum Gasteiger partial charge on any atom is 0.229 e. The molecule has 2 amide bonds. The van der Waals surface area contributed by atoms with Crippen molar-refractivity contribution >= 4 is 34.0 Å². The molecule has 2 aromatic carbocycles. The Hall–Kier alpha value is -3.23. The fourth-order valence-corrected chi connectivity index (χ4v) is 4.48. The highest BCUT2D eigenvalue weighted by atomic mass is 32.1. The van der Waals surface area contributed by atoms with Crippen LogP contribution in [0.3, 0.4) is 0 Å². The van der Waals surface area contributed by atoms with Crippen LogP contribution in [-0.2, 0) is 9.59 Å². The molecular weight excluding hydrogens is 436 g/mol. The molecule has 0 unspecified atom stereocenters. The number of rotatable bonds is 8. The minimum atomic E-state index is -0.0573. The third-order valence-corrected chi connectivity index (χ3v) is 6.47. The molecule has 1 fully saturated rings. The molecule has 0 atom stereocenters. The van der Waals surface area contributed by atoms with Crippen molar-refractivity contribution < 1.29 is 14.3 Å². The van der Waals surface area contributed by atoms with Crippen LogP contribution >= 0.6 is 11.3 Å². The first-order valence-corrected chi connectivity index (χ1v) is 12.0. The van der Waals surface area contributed by atoms with Gasteiger partial charge in [0, 0.05) is 24.3 Å². The van der Waals surface area contributed by atoms with E-state index < -0.39 is 0 Å². The van der Waals surface area contributed by atoms with Crippen LogP contribution in [0.15, 0.2) is 60.0 Å². The van der Waals surface area contributed by atoms with Crippen LogP contribution in [0.4, 0.5) is 10.8 Å². The maximum atomic E-state index is 12.6. The number of carbonyl (C=O) groups is 2. The van der Waals surface area contributed by atoms with E-state index in [0.717, 1.165) is 37.4 Å². The second-order valence-electron chi connectivity index (χ2n) is 8.11. The lowest BCUT2D eigenvalue weighted by molar-refractivity contribution is -0.121. The van der Waals surface area contributed by atoms with E-state index in [2.05, 4.69) is 20.5 Å². The number of nitrogens with zero attached hydrogens (tertiary/aromatic N) is 2. The van der Waals surface area contributed by atoms with Crippen LogP contribution in [0.25, 0.3) is 0 Å². The van der Waals surface area contributed by atoms with E-state index in [-0.39, 0.29) is 17.7 Å². The molecule has 0 bridgehead atoms. The second kappa shape index (κ2) is 11.1. The van der Waals surface area contributed by atoms with Gasteiger partial charge >= 0.3 is 0 Å². The predicted octanol–water partition coefficient (Wildman–Crippen LogP) is 4.92. The largest absolute Gasteiger partial charge is 0.455 e. The minimum absolute atomic E-state index is 0.0127. The van der Waals surface area contributed by atoms with E-state index in [1.807, 2.05) is 66.9 Å². The summed E-state index contributed by atoms with van der Waals surface area (Å²) < 4.78 is 5.92. The first kappa shape index (κ1) is 22.9. The smallest absolute Gasteiger partial charge is 0.229 e. The van der Waals surface area contributed by atoms with Gasteiger partial charge in [-0.1, -0.05) is 30.3 Å². The van der Waals surface area contributed by atoms with E-state index in [4.69, 9.17) is 4.74 Å². The number of aryl methyl sites for hydroxylation is 1. The van der Waals surface area contributed by atoms with Gasteiger partial charge in [0.15, 0.2) is 10.9 Å². The molecule has 0 saturated carbocycles. The molecule has 2 heterocycles. The Morgan fingerprint density at radius 1 is 1.06 bits per heavy atom. The van der Waals surface area contributed by atoms with Crippen LogP contribution in [0, 0.1) is 12.8 Å². The van der Waals surface area contributed by atoms with Crippen LogP contribution < -0.4 is 15.4 Å². The minimum Gasteiger partial charge on any atom is -0.455 e. The van der Waals surface area contributed by atoms with Gasteiger partial charge in [0.1, 0.15) is 5.75 Å². The Balaban J connectivity index is 1.21. The lowest BCUT2D eigenvalue weighted by atomic mass is 9.96. The summed E-state index contributed by atoms with van der Waals surface area (Å²) in [5.41, 5.74) is 1.57. The molecule has 2 N–H and O–H groups in total. The molecule has 172 valence electrons. The molecule has 1 aromatic heterocycles. The Kier molecular flexibility index (Phi) is 7.70. The van der Waals surface area contributed by atoms with E-state index in [9.17, 15) is 9.59 Å². The summed E-state index contributed by atoms with van der Waals surface area (Å²) in [4.78, 5) is 31.6. The summed E-state index contributed by atoms with van der Waals surface area (Å²) in [6, 6.07) is 16.9. The highest BCUT2D eigenvalue weighted by molar-refractivity contribution is 7.13. The number of anilines is 2. The van der Waals surface area contributed by atoms with Gasteiger partial charge in [-0.15, -0.1) is 11.3 Å². The number of hydrogen-bond acceptors (Lipinski definition) is 6. The molecule has 1 aliphatic heterocycles. The van der Waals surface area contributed by atoms with Crippen LogP contribution in [-0.4, -0.2) is 41.3 Å². The van der Waals surface area contributed by atoms with E-state index in [1.165, 1.54) is 11.3 Å². The topological polar surface area (TPSA) is 83.6 Å². The number of amides is 2. The number of para-hydroxylation sites is 3. The first-order chi connectivity index (χ1) is 16.1. The molecule has 1 aliphatic rings. The number of likely N-dealkylation sites (tertiary alicyclic amines) is 1. The number of nitrogens with one attached hydrogen (secondary N) is 2. The Morgan fingerprint density at radius 2 is 1.79 bits per heavy atom. The highest BCUT2D eigenvalue weighted by Crippen LogP contribution is 2.29. The van der Waals surface area contributed by atoms with Gasteiger partial charge in [0.25, 0.3) is 0 Å². The number of carbonyl (C=O) groups excluding carboxylic acids is 2. The van der Waals surface area contributed by atoms with Crippen molar-refractivity contribution in [2.45, 2.75) is 26.2 Å². The van der Waals surface area contributed by atoms with Crippen molar-refractivity contribution in [3.05, 3.63) is 65.7 Å². The third-order valence-electron chi connectivity index (χ3n) is 5.59. The highest BCUT2D eigenvalue weighted by Gasteiger charge is 2.25. The van der Waals surface area contributed by atoms with Crippen LogP contribution in [0.1, 0.15) is 25.0 Å². The molecular formula is C25H28N4O3S. The van der Waals surface area contributed by atoms with Crippen LogP contribution in [0.2, 0.25) is 0 Å². The quantitative estimate of drug-likeness (QED) is 0.494. The van der Waals surface area contributed by atoms with Gasteiger partial charge in [-0.05, 0) is 57.1 Å². The van der Waals surface area contributed by atoms with Crippen molar-refractivity contribution in [3.63, 3.8) is 0 Å². The monoisotopic (exact) mass is 464 g/mol. The van der Waals surface area contributed by atoms with Gasteiger partial charge in [0.05, 0.1) is 11.4 Å². The first-order valence-electron chi connectivity index (χ1n) is 11.1. The second-order valence-corrected chi connectivity index (χ2v) is 8.97. The zero-order valence-corrected chi connectivity index (χ0v) is 19.4. The molecule has 3 aromatic rings. The maximum absolute atomic E-state index is 12.6. The van der Waals surface area contributed by atoms with Crippen molar-refractivity contribution in [2.75, 3.05) is 30.3 Å². The van der Waals surface area contributed by atoms with Gasteiger partial charge in [-0.25, -0.2) is 4.98 Å². The number of thiazole rings is 1. The average Bonchev–Trinajstić information content (AvgIpc) is 3.24. The Bertz CT molecular complexity index is 1080. The number of hydrogen-bond donors (Lipinski definition) is 2. The number of aromatic nitrogens is 1. The van der Waals surface area contributed by atoms with Gasteiger partial charge in [-0.2, -0.15) is 0 Å². The van der Waals surface area contributed by atoms with E-state index >= 15 is 0 Å². The Morgan fingerprint density at radius 3 is 2.52 bits per heavy atom. The number of piperidine rings is 1. The lowest BCUT2D eigenvalue weighted by Gasteiger charge is -2.30. The number of benzene rings is 2. The lowest BCUT2D eigenvalue weighted by Crippen LogP contribution is -2.39. The zero-order chi connectivity index (χ0) is 23.0. The fourth-order valence-electron chi connectivity index (χ4n) is 3.78. The predicted molar refractivity (Wildman–Crippen MR) is 131 cm³/mol. The fraction of sp³-hybridized carbons (Fsp3) is 0.320. The summed E-state index contributed by atoms with van der Waals surface area (Å²) >= 11 is 1.45. The van der Waals surface area contributed by atoms with Crippen LogP contribution in [0.5, 0.6) is 11.5 Å². The van der Waals surface area contributed by atoms with Crippen molar-refractivity contribution in [3.8, 4) is 11.5 Å². The van der Waals surface area contributed by atoms with Gasteiger partial charge < -0.3 is 20.3 Å². The van der Waals surface area contributed by atoms with Crippen molar-refractivity contribution in [1.82, 2.24) is 9.88 Å². The zero-order valence-electron chi connectivity index (χ0n) is 18.6. The Labute approximate surface area is 197 Å². The third kappa shape index (κ3) is 6.63. The molecule has 0 spiro atoms. The summed E-state index contributed by atoms with van der Waals surface area (Å²) in [6.07, 6.45) is 1.95.